The lowest BCUT2D eigenvalue weighted by atomic mass is 10.2. The zero-order valence-corrected chi connectivity index (χ0v) is 8.28. The largest absolute Gasteiger partial charge is 0.307 e. The molecule has 0 bridgehead atoms. The fourth-order valence-corrected chi connectivity index (χ4v) is 0.571. The standard InChI is InChI=1S/C7H7NO.C2H6.CH2O/c1-6(9)7-3-2-4-8-5-7;2*1-2/h2-5H,1H3;1-2H3;1H2. The number of pyridine rings is 1. The Hall–Kier alpha value is -1.51. The van der Waals surface area contributed by atoms with E-state index < -0.39 is 0 Å². The highest BCUT2D eigenvalue weighted by molar-refractivity contribution is 5.93. The fraction of sp³-hybridized carbons (Fsp3) is 0.300. The number of hydrogen-bond donors (Lipinski definition) is 0. The van der Waals surface area contributed by atoms with E-state index >= 15 is 0 Å². The SMILES string of the molecule is C=O.CC.CC(=O)c1cccnc1. The molecule has 0 unspecified atom stereocenters. The van der Waals surface area contributed by atoms with Gasteiger partial charge in [0.1, 0.15) is 6.79 Å². The van der Waals surface area contributed by atoms with Crippen molar-refractivity contribution in [2.24, 2.45) is 0 Å². The summed E-state index contributed by atoms with van der Waals surface area (Å²) in [5.74, 6) is 0.0584. The van der Waals surface area contributed by atoms with E-state index in [1.54, 1.807) is 24.5 Å². The lowest BCUT2D eigenvalue weighted by molar-refractivity contribution is -0.0979. The zero-order chi connectivity index (χ0) is 10.7. The summed E-state index contributed by atoms with van der Waals surface area (Å²) in [6.07, 6.45) is 3.20. The topological polar surface area (TPSA) is 47.0 Å². The number of hydrogen-bond acceptors (Lipinski definition) is 3. The molecular weight excluding hydrogens is 166 g/mol. The maximum absolute atomic E-state index is 10.6. The molecule has 0 amide bonds. The Kier molecular flexibility index (Phi) is 11.3. The van der Waals surface area contributed by atoms with Crippen molar-refractivity contribution in [3.63, 3.8) is 0 Å². The molecule has 0 saturated carbocycles. The fourth-order valence-electron chi connectivity index (χ4n) is 0.571. The average molecular weight is 181 g/mol. The summed E-state index contributed by atoms with van der Waals surface area (Å²) in [7, 11) is 0. The summed E-state index contributed by atoms with van der Waals surface area (Å²) < 4.78 is 0. The van der Waals surface area contributed by atoms with Crippen LogP contribution in [0, 0.1) is 0 Å². The number of Topliss-reactive ketones (excluding diaryl/α,β-unsaturated/α-hetero) is 1. The van der Waals surface area contributed by atoms with Crippen LogP contribution in [0.4, 0.5) is 0 Å². The summed E-state index contributed by atoms with van der Waals surface area (Å²) in [4.78, 5) is 22.4. The van der Waals surface area contributed by atoms with E-state index in [1.165, 1.54) is 6.92 Å². The molecule has 1 aromatic heterocycles. The molecule has 0 aliphatic carbocycles. The van der Waals surface area contributed by atoms with E-state index in [9.17, 15) is 4.79 Å². The second-order valence-corrected chi connectivity index (χ2v) is 1.80. The molecule has 0 saturated heterocycles. The first-order valence-corrected chi connectivity index (χ1v) is 4.00. The van der Waals surface area contributed by atoms with Gasteiger partial charge in [-0.05, 0) is 19.1 Å². The van der Waals surface area contributed by atoms with Gasteiger partial charge in [-0.2, -0.15) is 0 Å². The first-order valence-electron chi connectivity index (χ1n) is 4.00. The van der Waals surface area contributed by atoms with E-state index in [0.29, 0.717) is 5.56 Å². The smallest absolute Gasteiger partial charge is 0.161 e. The van der Waals surface area contributed by atoms with Crippen LogP contribution in [-0.4, -0.2) is 17.6 Å². The van der Waals surface area contributed by atoms with Crippen molar-refractivity contribution in [1.29, 1.82) is 0 Å². The van der Waals surface area contributed by atoms with Crippen LogP contribution in [0.2, 0.25) is 0 Å². The van der Waals surface area contributed by atoms with Crippen LogP contribution >= 0.6 is 0 Å². The molecule has 1 heterocycles. The monoisotopic (exact) mass is 181 g/mol. The predicted molar refractivity (Wildman–Crippen MR) is 52.7 cm³/mol. The lowest BCUT2D eigenvalue weighted by Crippen LogP contribution is -1.90. The van der Waals surface area contributed by atoms with Crippen molar-refractivity contribution >= 4 is 12.6 Å². The van der Waals surface area contributed by atoms with Gasteiger partial charge < -0.3 is 4.79 Å². The van der Waals surface area contributed by atoms with Gasteiger partial charge in [-0.25, -0.2) is 0 Å². The minimum absolute atomic E-state index is 0.0584. The molecule has 0 atom stereocenters. The minimum Gasteiger partial charge on any atom is -0.307 e. The third-order valence-corrected chi connectivity index (χ3v) is 1.07. The van der Waals surface area contributed by atoms with Gasteiger partial charge in [-0.15, -0.1) is 0 Å². The maximum atomic E-state index is 10.6. The van der Waals surface area contributed by atoms with Gasteiger partial charge >= 0.3 is 0 Å². The van der Waals surface area contributed by atoms with E-state index in [-0.39, 0.29) is 5.78 Å². The van der Waals surface area contributed by atoms with Crippen molar-refractivity contribution in [2.45, 2.75) is 20.8 Å². The molecule has 0 fully saturated rings. The van der Waals surface area contributed by atoms with E-state index in [1.807, 2.05) is 20.6 Å². The van der Waals surface area contributed by atoms with Crippen molar-refractivity contribution in [3.8, 4) is 0 Å². The van der Waals surface area contributed by atoms with Gasteiger partial charge in [0.05, 0.1) is 0 Å². The van der Waals surface area contributed by atoms with Gasteiger partial charge in [0, 0.05) is 18.0 Å². The maximum Gasteiger partial charge on any atom is 0.161 e. The minimum atomic E-state index is 0.0584. The Labute approximate surface area is 78.8 Å². The Bertz CT molecular complexity index is 222. The summed E-state index contributed by atoms with van der Waals surface area (Å²) in [5, 5.41) is 0. The number of carbonyl (C=O) groups excluding carboxylic acids is 2. The molecule has 13 heavy (non-hydrogen) atoms. The molecule has 72 valence electrons. The molecule has 1 aromatic rings. The van der Waals surface area contributed by atoms with Crippen LogP contribution in [0.25, 0.3) is 0 Å². The average Bonchev–Trinajstić information content (AvgIpc) is 2.25. The molecule has 1 rings (SSSR count). The Balaban J connectivity index is 0. The van der Waals surface area contributed by atoms with E-state index in [2.05, 4.69) is 4.98 Å². The molecule has 0 aliphatic heterocycles. The number of ketones is 1. The van der Waals surface area contributed by atoms with Crippen LogP contribution in [0.3, 0.4) is 0 Å². The van der Waals surface area contributed by atoms with Crippen LogP contribution in [0.1, 0.15) is 31.1 Å². The van der Waals surface area contributed by atoms with Gasteiger partial charge in [0.15, 0.2) is 5.78 Å². The van der Waals surface area contributed by atoms with Crippen LogP contribution < -0.4 is 0 Å². The van der Waals surface area contributed by atoms with Crippen molar-refractivity contribution in [3.05, 3.63) is 30.1 Å². The van der Waals surface area contributed by atoms with Crippen molar-refractivity contribution in [2.75, 3.05) is 0 Å². The first kappa shape index (κ1) is 14.0. The molecule has 0 aliphatic rings. The first-order chi connectivity index (χ1) is 6.30. The molecule has 0 N–H and O–H groups in total. The lowest BCUT2D eigenvalue weighted by Gasteiger charge is -1.88. The Morgan fingerprint density at radius 3 is 2.15 bits per heavy atom. The van der Waals surface area contributed by atoms with Gasteiger partial charge in [0.2, 0.25) is 0 Å². The number of rotatable bonds is 1. The molecule has 3 nitrogen and oxygen atoms in total. The summed E-state index contributed by atoms with van der Waals surface area (Å²) in [5.41, 5.74) is 0.664. The Morgan fingerprint density at radius 2 is 1.92 bits per heavy atom. The highest BCUT2D eigenvalue weighted by Crippen LogP contribution is 1.94. The van der Waals surface area contributed by atoms with Crippen LogP contribution in [0.15, 0.2) is 24.5 Å². The quantitative estimate of drug-likeness (QED) is 0.623. The highest BCUT2D eigenvalue weighted by atomic mass is 16.1. The summed E-state index contributed by atoms with van der Waals surface area (Å²) in [6, 6.07) is 3.49. The van der Waals surface area contributed by atoms with Crippen LogP contribution in [0.5, 0.6) is 0 Å². The summed E-state index contributed by atoms with van der Waals surface area (Å²) in [6.45, 7) is 7.52. The second kappa shape index (κ2) is 10.5. The molecular formula is C10H15NO2. The molecule has 3 heteroatoms. The third kappa shape index (κ3) is 6.87. The van der Waals surface area contributed by atoms with Crippen molar-refractivity contribution in [1.82, 2.24) is 4.98 Å². The van der Waals surface area contributed by atoms with Gasteiger partial charge in [-0.1, -0.05) is 13.8 Å². The summed E-state index contributed by atoms with van der Waals surface area (Å²) >= 11 is 0. The van der Waals surface area contributed by atoms with Crippen molar-refractivity contribution < 1.29 is 9.59 Å². The highest BCUT2D eigenvalue weighted by Gasteiger charge is 1.93. The third-order valence-electron chi connectivity index (χ3n) is 1.07. The number of nitrogens with zero attached hydrogens (tertiary/aromatic N) is 1. The zero-order valence-electron chi connectivity index (χ0n) is 8.28. The second-order valence-electron chi connectivity index (χ2n) is 1.80. The Morgan fingerprint density at radius 1 is 1.38 bits per heavy atom. The normalized spacial score (nSPS) is 7.00. The molecule has 0 radical (unpaired) electrons. The number of carbonyl (C=O) groups is 2. The van der Waals surface area contributed by atoms with Gasteiger partial charge in [-0.3, -0.25) is 9.78 Å². The molecule has 0 spiro atoms. The van der Waals surface area contributed by atoms with Crippen LogP contribution in [-0.2, 0) is 4.79 Å². The molecule has 0 aromatic carbocycles. The number of aromatic nitrogens is 1. The van der Waals surface area contributed by atoms with Gasteiger partial charge in [0.25, 0.3) is 0 Å². The van der Waals surface area contributed by atoms with E-state index in [4.69, 9.17) is 4.79 Å². The van der Waals surface area contributed by atoms with E-state index in [0.717, 1.165) is 0 Å². The predicted octanol–water partition coefficient (Wildman–Crippen LogP) is 2.13.